The van der Waals surface area contributed by atoms with Gasteiger partial charge in [0.2, 0.25) is 0 Å². The first-order chi connectivity index (χ1) is 5.61. The van der Waals surface area contributed by atoms with Gasteiger partial charge in [0.05, 0.1) is 12.7 Å². The normalized spacial score (nSPS) is 16.1. The van der Waals surface area contributed by atoms with E-state index in [9.17, 15) is 5.11 Å². The molecule has 0 fully saturated rings. The van der Waals surface area contributed by atoms with Gasteiger partial charge in [0, 0.05) is 13.1 Å². The maximum atomic E-state index is 9.17. The van der Waals surface area contributed by atoms with Crippen LogP contribution in [0.3, 0.4) is 0 Å². The summed E-state index contributed by atoms with van der Waals surface area (Å²) >= 11 is 0. The number of nitrogens with zero attached hydrogens (tertiary/aromatic N) is 1. The van der Waals surface area contributed by atoms with Gasteiger partial charge in [-0.25, -0.2) is 0 Å². The SMILES string of the molecule is C=CCN(CC(O)CO)C(C)O. The second-order valence-corrected chi connectivity index (χ2v) is 2.71. The van der Waals surface area contributed by atoms with E-state index < -0.39 is 12.3 Å². The minimum atomic E-state index is -0.806. The van der Waals surface area contributed by atoms with Crippen molar-refractivity contribution in [3.05, 3.63) is 12.7 Å². The highest BCUT2D eigenvalue weighted by molar-refractivity contribution is 4.75. The van der Waals surface area contributed by atoms with E-state index in [0.717, 1.165) is 0 Å². The van der Waals surface area contributed by atoms with Gasteiger partial charge in [-0.3, -0.25) is 4.90 Å². The molecule has 0 bridgehead atoms. The van der Waals surface area contributed by atoms with Gasteiger partial charge in [0.15, 0.2) is 0 Å². The third-order valence-corrected chi connectivity index (χ3v) is 1.55. The predicted molar refractivity (Wildman–Crippen MR) is 46.5 cm³/mol. The van der Waals surface area contributed by atoms with Crippen LogP contribution in [0.1, 0.15) is 6.92 Å². The third-order valence-electron chi connectivity index (χ3n) is 1.55. The minimum Gasteiger partial charge on any atom is -0.394 e. The van der Waals surface area contributed by atoms with Crippen molar-refractivity contribution < 1.29 is 15.3 Å². The first kappa shape index (κ1) is 11.6. The molecule has 12 heavy (non-hydrogen) atoms. The van der Waals surface area contributed by atoms with Gasteiger partial charge in [-0.2, -0.15) is 0 Å². The molecule has 0 aromatic heterocycles. The van der Waals surface area contributed by atoms with Crippen LogP contribution in [0.2, 0.25) is 0 Å². The summed E-state index contributed by atoms with van der Waals surface area (Å²) in [6, 6.07) is 0. The van der Waals surface area contributed by atoms with E-state index >= 15 is 0 Å². The molecule has 72 valence electrons. The van der Waals surface area contributed by atoms with Crippen molar-refractivity contribution >= 4 is 0 Å². The first-order valence-corrected chi connectivity index (χ1v) is 3.93. The summed E-state index contributed by atoms with van der Waals surface area (Å²) in [6.45, 7) is 5.58. The Morgan fingerprint density at radius 2 is 2.08 bits per heavy atom. The van der Waals surface area contributed by atoms with Crippen molar-refractivity contribution in [2.75, 3.05) is 19.7 Å². The molecule has 2 atom stereocenters. The van der Waals surface area contributed by atoms with Gasteiger partial charge in [0.1, 0.15) is 6.23 Å². The Hall–Kier alpha value is -0.420. The summed E-state index contributed by atoms with van der Waals surface area (Å²) in [4.78, 5) is 1.61. The van der Waals surface area contributed by atoms with Gasteiger partial charge in [-0.1, -0.05) is 6.08 Å². The van der Waals surface area contributed by atoms with E-state index in [0.29, 0.717) is 6.54 Å². The zero-order valence-electron chi connectivity index (χ0n) is 7.35. The van der Waals surface area contributed by atoms with E-state index in [-0.39, 0.29) is 13.2 Å². The monoisotopic (exact) mass is 175 g/mol. The van der Waals surface area contributed by atoms with Crippen molar-refractivity contribution in [1.82, 2.24) is 4.90 Å². The molecule has 0 saturated heterocycles. The number of hydrogen-bond acceptors (Lipinski definition) is 4. The Kier molecular flexibility index (Phi) is 5.92. The van der Waals surface area contributed by atoms with E-state index in [4.69, 9.17) is 10.2 Å². The fourth-order valence-electron chi connectivity index (χ4n) is 0.874. The molecule has 0 spiro atoms. The van der Waals surface area contributed by atoms with Crippen LogP contribution in [-0.2, 0) is 0 Å². The van der Waals surface area contributed by atoms with Crippen LogP contribution in [0.5, 0.6) is 0 Å². The highest BCUT2D eigenvalue weighted by Gasteiger charge is 2.13. The van der Waals surface area contributed by atoms with Gasteiger partial charge >= 0.3 is 0 Å². The van der Waals surface area contributed by atoms with Crippen LogP contribution >= 0.6 is 0 Å². The van der Waals surface area contributed by atoms with Gasteiger partial charge in [-0.05, 0) is 6.92 Å². The van der Waals surface area contributed by atoms with E-state index in [1.165, 1.54) is 0 Å². The van der Waals surface area contributed by atoms with Crippen LogP contribution in [-0.4, -0.2) is 52.2 Å². The molecule has 2 unspecified atom stereocenters. The van der Waals surface area contributed by atoms with Gasteiger partial charge in [0.25, 0.3) is 0 Å². The molecular formula is C8H17NO3. The van der Waals surface area contributed by atoms with E-state index in [1.807, 2.05) is 0 Å². The zero-order chi connectivity index (χ0) is 9.56. The first-order valence-electron chi connectivity index (χ1n) is 3.93. The Morgan fingerprint density at radius 3 is 2.42 bits per heavy atom. The van der Waals surface area contributed by atoms with Crippen molar-refractivity contribution in [1.29, 1.82) is 0 Å². The molecule has 0 aliphatic carbocycles. The third kappa shape index (κ3) is 4.46. The molecule has 0 aliphatic rings. The standard InChI is InChI=1S/C8H17NO3/c1-3-4-9(7(2)11)5-8(12)6-10/h3,7-8,10-12H,1,4-6H2,2H3. The zero-order valence-corrected chi connectivity index (χ0v) is 7.35. The maximum Gasteiger partial charge on any atom is 0.104 e. The molecule has 0 aromatic rings. The second-order valence-electron chi connectivity index (χ2n) is 2.71. The van der Waals surface area contributed by atoms with Crippen LogP contribution in [0, 0.1) is 0 Å². The van der Waals surface area contributed by atoms with Gasteiger partial charge in [-0.15, -0.1) is 6.58 Å². The molecule has 3 N–H and O–H groups in total. The quantitative estimate of drug-likeness (QED) is 0.364. The fraction of sp³-hybridized carbons (Fsp3) is 0.750. The Bertz CT molecular complexity index is 127. The van der Waals surface area contributed by atoms with Crippen molar-refractivity contribution in [2.24, 2.45) is 0 Å². The number of aliphatic hydroxyl groups is 3. The average molecular weight is 175 g/mol. The summed E-state index contributed by atoms with van der Waals surface area (Å²) in [5.74, 6) is 0. The fourth-order valence-corrected chi connectivity index (χ4v) is 0.874. The highest BCUT2D eigenvalue weighted by Crippen LogP contribution is 1.97. The Balaban J connectivity index is 3.85. The van der Waals surface area contributed by atoms with Crippen LogP contribution < -0.4 is 0 Å². The smallest absolute Gasteiger partial charge is 0.104 e. The number of aliphatic hydroxyl groups excluding tert-OH is 3. The molecule has 0 rings (SSSR count). The van der Waals surface area contributed by atoms with E-state index in [1.54, 1.807) is 17.9 Å². The molecule has 0 aliphatic heterocycles. The molecule has 0 amide bonds. The van der Waals surface area contributed by atoms with Crippen LogP contribution in [0.4, 0.5) is 0 Å². The summed E-state index contributed by atoms with van der Waals surface area (Å²) < 4.78 is 0. The highest BCUT2D eigenvalue weighted by atomic mass is 16.3. The average Bonchev–Trinajstić information content (AvgIpc) is 2.03. The number of rotatable bonds is 6. The topological polar surface area (TPSA) is 63.9 Å². The molecule has 0 saturated carbocycles. The maximum absolute atomic E-state index is 9.17. The predicted octanol–water partition coefficient (Wildman–Crippen LogP) is -0.834. The molecule has 0 radical (unpaired) electrons. The lowest BCUT2D eigenvalue weighted by Gasteiger charge is -2.25. The molecule has 0 heterocycles. The summed E-state index contributed by atoms with van der Waals surface area (Å²) in [6.07, 6.45) is 0.195. The summed E-state index contributed by atoms with van der Waals surface area (Å²) in [7, 11) is 0. The number of hydrogen-bond donors (Lipinski definition) is 3. The largest absolute Gasteiger partial charge is 0.394 e. The van der Waals surface area contributed by atoms with Crippen LogP contribution in [0.15, 0.2) is 12.7 Å². The molecule has 4 heteroatoms. The van der Waals surface area contributed by atoms with Gasteiger partial charge < -0.3 is 15.3 Å². The Morgan fingerprint density at radius 1 is 1.50 bits per heavy atom. The van der Waals surface area contributed by atoms with E-state index in [2.05, 4.69) is 6.58 Å². The minimum absolute atomic E-state index is 0.250. The Labute approximate surface area is 72.7 Å². The summed E-state index contributed by atoms with van der Waals surface area (Å²) in [5, 5.41) is 26.8. The molecular weight excluding hydrogens is 158 g/mol. The lowest BCUT2D eigenvalue weighted by molar-refractivity contribution is -0.0162. The lowest BCUT2D eigenvalue weighted by atomic mass is 10.3. The van der Waals surface area contributed by atoms with Crippen molar-refractivity contribution in [3.8, 4) is 0 Å². The lowest BCUT2D eigenvalue weighted by Crippen LogP contribution is -2.40. The summed E-state index contributed by atoms with van der Waals surface area (Å²) in [5.41, 5.74) is 0. The van der Waals surface area contributed by atoms with Crippen molar-refractivity contribution in [3.63, 3.8) is 0 Å². The van der Waals surface area contributed by atoms with Crippen molar-refractivity contribution in [2.45, 2.75) is 19.3 Å². The second kappa shape index (κ2) is 6.14. The van der Waals surface area contributed by atoms with Crippen LogP contribution in [0.25, 0.3) is 0 Å². The molecule has 0 aromatic carbocycles. The molecule has 4 nitrogen and oxygen atoms in total.